The molecule has 0 atom stereocenters. The molecular formula is C13H11N3O. The molecule has 0 aliphatic heterocycles. The molecule has 3 rings (SSSR count). The van der Waals surface area contributed by atoms with Crippen molar-refractivity contribution in [2.45, 2.75) is 25.2 Å². The summed E-state index contributed by atoms with van der Waals surface area (Å²) in [5.41, 5.74) is 1.57. The second-order valence-corrected chi connectivity index (χ2v) is 4.47. The standard InChI is InChI=1S/C13H11N3O/c1-9-2-4-10(5-3-9)11-15-16-12(17-11)13(8-14)6-7-13/h2-5H,6-7H2,1H3. The van der Waals surface area contributed by atoms with E-state index in [0.29, 0.717) is 11.8 Å². The molecule has 1 saturated carbocycles. The third-order valence-electron chi connectivity index (χ3n) is 3.10. The van der Waals surface area contributed by atoms with Crippen LogP contribution in [0.2, 0.25) is 0 Å². The Balaban J connectivity index is 1.96. The summed E-state index contributed by atoms with van der Waals surface area (Å²) in [7, 11) is 0. The van der Waals surface area contributed by atoms with E-state index in [-0.39, 0.29) is 0 Å². The second-order valence-electron chi connectivity index (χ2n) is 4.47. The monoisotopic (exact) mass is 225 g/mol. The third-order valence-corrected chi connectivity index (χ3v) is 3.10. The van der Waals surface area contributed by atoms with Crippen LogP contribution in [0.5, 0.6) is 0 Å². The SMILES string of the molecule is Cc1ccc(-c2nnc(C3(C#N)CC3)o2)cc1. The van der Waals surface area contributed by atoms with Crippen LogP contribution in [-0.4, -0.2) is 10.2 Å². The smallest absolute Gasteiger partial charge is 0.247 e. The third kappa shape index (κ3) is 1.60. The van der Waals surface area contributed by atoms with Crippen molar-refractivity contribution in [1.29, 1.82) is 5.26 Å². The van der Waals surface area contributed by atoms with Crippen LogP contribution in [0.1, 0.15) is 24.3 Å². The lowest BCUT2D eigenvalue weighted by Gasteiger charge is -1.97. The van der Waals surface area contributed by atoms with Crippen molar-refractivity contribution in [1.82, 2.24) is 10.2 Å². The van der Waals surface area contributed by atoms with Gasteiger partial charge in [0.2, 0.25) is 11.8 Å². The highest BCUT2D eigenvalue weighted by Gasteiger charge is 2.50. The molecule has 1 aromatic carbocycles. The summed E-state index contributed by atoms with van der Waals surface area (Å²) in [4.78, 5) is 0. The van der Waals surface area contributed by atoms with Crippen molar-refractivity contribution < 1.29 is 4.42 Å². The van der Waals surface area contributed by atoms with Crippen LogP contribution in [0.4, 0.5) is 0 Å². The maximum absolute atomic E-state index is 9.05. The first-order chi connectivity index (χ1) is 8.23. The zero-order valence-corrected chi connectivity index (χ0v) is 9.47. The van der Waals surface area contributed by atoms with E-state index >= 15 is 0 Å². The Bertz CT molecular complexity index is 588. The van der Waals surface area contributed by atoms with Gasteiger partial charge in [0.05, 0.1) is 6.07 Å². The molecule has 0 N–H and O–H groups in total. The first-order valence-electron chi connectivity index (χ1n) is 5.56. The predicted molar refractivity (Wildman–Crippen MR) is 61.0 cm³/mol. The van der Waals surface area contributed by atoms with Gasteiger partial charge >= 0.3 is 0 Å². The predicted octanol–water partition coefficient (Wildman–Crippen LogP) is 2.60. The number of nitriles is 1. The average Bonchev–Trinajstić information content (AvgIpc) is 3.00. The summed E-state index contributed by atoms with van der Waals surface area (Å²) in [5.74, 6) is 0.942. The van der Waals surface area contributed by atoms with E-state index in [0.717, 1.165) is 18.4 Å². The molecule has 0 unspecified atom stereocenters. The van der Waals surface area contributed by atoms with Crippen molar-refractivity contribution in [2.75, 3.05) is 0 Å². The van der Waals surface area contributed by atoms with Crippen LogP contribution >= 0.6 is 0 Å². The van der Waals surface area contributed by atoms with Gasteiger partial charge in [0.25, 0.3) is 0 Å². The van der Waals surface area contributed by atoms with Gasteiger partial charge in [0.15, 0.2) is 0 Å². The van der Waals surface area contributed by atoms with Crippen LogP contribution in [0, 0.1) is 18.3 Å². The van der Waals surface area contributed by atoms with Gasteiger partial charge in [-0.25, -0.2) is 0 Å². The average molecular weight is 225 g/mol. The molecule has 1 fully saturated rings. The molecular weight excluding hydrogens is 214 g/mol. The number of aromatic nitrogens is 2. The van der Waals surface area contributed by atoms with Crippen molar-refractivity contribution in [3.63, 3.8) is 0 Å². The molecule has 0 radical (unpaired) electrons. The van der Waals surface area contributed by atoms with Crippen LogP contribution in [-0.2, 0) is 5.41 Å². The van der Waals surface area contributed by atoms with E-state index in [1.54, 1.807) is 0 Å². The number of rotatable bonds is 2. The molecule has 2 aromatic rings. The minimum atomic E-state index is -0.504. The maximum atomic E-state index is 9.05. The van der Waals surface area contributed by atoms with Gasteiger partial charge in [-0.15, -0.1) is 10.2 Å². The molecule has 0 amide bonds. The Morgan fingerprint density at radius 1 is 1.24 bits per heavy atom. The Kier molecular flexibility index (Phi) is 2.02. The molecule has 1 aliphatic carbocycles. The molecule has 1 aliphatic rings. The lowest BCUT2D eigenvalue weighted by Crippen LogP contribution is -2.02. The second kappa shape index (κ2) is 3.42. The summed E-state index contributed by atoms with van der Waals surface area (Å²) >= 11 is 0. The van der Waals surface area contributed by atoms with Crippen molar-refractivity contribution in [3.8, 4) is 17.5 Å². The van der Waals surface area contributed by atoms with E-state index in [1.165, 1.54) is 5.56 Å². The molecule has 1 aromatic heterocycles. The molecule has 0 saturated heterocycles. The zero-order valence-electron chi connectivity index (χ0n) is 9.47. The van der Waals surface area contributed by atoms with E-state index in [2.05, 4.69) is 16.3 Å². The quantitative estimate of drug-likeness (QED) is 0.788. The summed E-state index contributed by atoms with van der Waals surface area (Å²) in [5, 5.41) is 17.0. The van der Waals surface area contributed by atoms with Gasteiger partial charge in [-0.1, -0.05) is 17.7 Å². The molecule has 4 nitrogen and oxygen atoms in total. The van der Waals surface area contributed by atoms with Crippen molar-refractivity contribution in [2.24, 2.45) is 0 Å². The van der Waals surface area contributed by atoms with Crippen LogP contribution in [0.15, 0.2) is 28.7 Å². The topological polar surface area (TPSA) is 62.7 Å². The normalized spacial score (nSPS) is 16.5. The number of hydrogen-bond donors (Lipinski definition) is 0. The highest BCUT2D eigenvalue weighted by atomic mass is 16.4. The number of aryl methyl sites for hydroxylation is 1. The Labute approximate surface area is 98.9 Å². The van der Waals surface area contributed by atoms with Crippen LogP contribution < -0.4 is 0 Å². The van der Waals surface area contributed by atoms with Gasteiger partial charge < -0.3 is 4.42 Å². The molecule has 1 heterocycles. The first-order valence-corrected chi connectivity index (χ1v) is 5.56. The Morgan fingerprint density at radius 2 is 1.94 bits per heavy atom. The molecule has 4 heteroatoms. The van der Waals surface area contributed by atoms with Crippen LogP contribution in [0.25, 0.3) is 11.5 Å². The summed E-state index contributed by atoms with van der Waals surface area (Å²) in [6, 6.07) is 10.1. The Morgan fingerprint density at radius 3 is 2.53 bits per heavy atom. The lowest BCUT2D eigenvalue weighted by molar-refractivity contribution is 0.481. The fourth-order valence-electron chi connectivity index (χ4n) is 1.73. The largest absolute Gasteiger partial charge is 0.419 e. The maximum Gasteiger partial charge on any atom is 0.247 e. The lowest BCUT2D eigenvalue weighted by atomic mass is 10.1. The van der Waals surface area contributed by atoms with E-state index in [9.17, 15) is 0 Å². The highest BCUT2D eigenvalue weighted by Crippen LogP contribution is 2.47. The zero-order chi connectivity index (χ0) is 11.9. The molecule has 17 heavy (non-hydrogen) atoms. The van der Waals surface area contributed by atoms with Gasteiger partial charge in [-0.2, -0.15) is 5.26 Å². The number of benzene rings is 1. The fourth-order valence-corrected chi connectivity index (χ4v) is 1.73. The van der Waals surface area contributed by atoms with Gasteiger partial charge in [-0.3, -0.25) is 0 Å². The molecule has 84 valence electrons. The highest BCUT2D eigenvalue weighted by molar-refractivity contribution is 5.53. The molecule has 0 bridgehead atoms. The fraction of sp³-hybridized carbons (Fsp3) is 0.308. The van der Waals surface area contributed by atoms with Gasteiger partial charge in [0, 0.05) is 5.56 Å². The number of hydrogen-bond acceptors (Lipinski definition) is 4. The minimum absolute atomic E-state index is 0.454. The summed E-state index contributed by atoms with van der Waals surface area (Å²) in [6.45, 7) is 2.03. The molecule has 0 spiro atoms. The minimum Gasteiger partial charge on any atom is -0.419 e. The van der Waals surface area contributed by atoms with E-state index < -0.39 is 5.41 Å². The van der Waals surface area contributed by atoms with Crippen molar-refractivity contribution >= 4 is 0 Å². The Hall–Kier alpha value is -2.15. The summed E-state index contributed by atoms with van der Waals surface area (Å²) < 4.78 is 5.58. The number of nitrogens with zero attached hydrogens (tertiary/aromatic N) is 3. The van der Waals surface area contributed by atoms with E-state index in [1.807, 2.05) is 31.2 Å². The first kappa shape index (κ1) is 10.0. The van der Waals surface area contributed by atoms with Crippen molar-refractivity contribution in [3.05, 3.63) is 35.7 Å². The van der Waals surface area contributed by atoms with Crippen LogP contribution in [0.3, 0.4) is 0 Å². The van der Waals surface area contributed by atoms with E-state index in [4.69, 9.17) is 9.68 Å². The van der Waals surface area contributed by atoms with Gasteiger partial charge in [0.1, 0.15) is 5.41 Å². The summed E-state index contributed by atoms with van der Waals surface area (Å²) in [6.07, 6.45) is 1.64. The van der Waals surface area contributed by atoms with Gasteiger partial charge in [-0.05, 0) is 31.9 Å².